The molecule has 0 saturated heterocycles. The lowest BCUT2D eigenvalue weighted by molar-refractivity contribution is 0.480. The molecule has 0 saturated carbocycles. The van der Waals surface area contributed by atoms with E-state index in [2.05, 4.69) is 15.3 Å². The molecule has 114 valence electrons. The van der Waals surface area contributed by atoms with E-state index in [0.717, 1.165) is 5.56 Å². The zero-order valence-corrected chi connectivity index (χ0v) is 13.7. The van der Waals surface area contributed by atoms with E-state index < -0.39 is 0 Å². The van der Waals surface area contributed by atoms with Gasteiger partial charge in [-0.25, -0.2) is 0 Å². The van der Waals surface area contributed by atoms with Gasteiger partial charge in [0, 0.05) is 10.6 Å². The van der Waals surface area contributed by atoms with Gasteiger partial charge in [-0.05, 0) is 36.2 Å². The molecule has 0 radical (unpaired) electrons. The van der Waals surface area contributed by atoms with Gasteiger partial charge in [0.1, 0.15) is 0 Å². The van der Waals surface area contributed by atoms with Gasteiger partial charge in [-0.1, -0.05) is 37.0 Å². The summed E-state index contributed by atoms with van der Waals surface area (Å²) in [5, 5.41) is 14.0. The van der Waals surface area contributed by atoms with Crippen molar-refractivity contribution < 1.29 is 0 Å². The molecule has 2 heterocycles. The smallest absolute Gasteiger partial charge is 0.178 e. The molecule has 0 aliphatic carbocycles. The summed E-state index contributed by atoms with van der Waals surface area (Å²) >= 11 is 12.2. The van der Waals surface area contributed by atoms with E-state index in [1.165, 1.54) is 0 Å². The molecule has 0 unspecified atom stereocenters. The van der Waals surface area contributed by atoms with Crippen LogP contribution in [0.15, 0.2) is 30.3 Å². The molecule has 2 N–H and O–H groups in total. The minimum absolute atomic E-state index is 0.233. The van der Waals surface area contributed by atoms with Crippen molar-refractivity contribution >= 4 is 28.8 Å². The van der Waals surface area contributed by atoms with Crippen molar-refractivity contribution in [1.29, 1.82) is 0 Å². The predicted molar refractivity (Wildman–Crippen MR) is 88.0 cm³/mol. The van der Waals surface area contributed by atoms with E-state index in [9.17, 15) is 0 Å². The average molecular weight is 336 g/mol. The molecule has 0 spiro atoms. The maximum absolute atomic E-state index is 6.25. The fraction of sp³-hybridized carbons (Fsp3) is 0.267. The summed E-state index contributed by atoms with van der Waals surface area (Å²) < 4.78 is 1.67. The van der Waals surface area contributed by atoms with Gasteiger partial charge in [0.05, 0.1) is 16.8 Å². The van der Waals surface area contributed by atoms with Crippen molar-refractivity contribution in [2.24, 2.45) is 11.7 Å². The van der Waals surface area contributed by atoms with E-state index in [1.54, 1.807) is 16.6 Å². The second-order valence-corrected chi connectivity index (χ2v) is 6.28. The number of fused-ring (bicyclic) bond motifs is 1. The first-order chi connectivity index (χ1) is 10.5. The first-order valence-corrected chi connectivity index (χ1v) is 7.66. The third kappa shape index (κ3) is 2.67. The van der Waals surface area contributed by atoms with Crippen LogP contribution in [0, 0.1) is 5.92 Å². The van der Waals surface area contributed by atoms with Crippen LogP contribution in [0.25, 0.3) is 16.9 Å². The number of rotatable bonds is 3. The number of hydrogen-bond donors (Lipinski definition) is 1. The van der Waals surface area contributed by atoms with Gasteiger partial charge in [-0.15, -0.1) is 10.2 Å². The SMILES string of the molecule is CC(C)[C@@H](N)c1nnc2ccc(-c3ccc(Cl)cc3Cl)nn12. The third-order valence-corrected chi connectivity index (χ3v) is 4.06. The Labute approximate surface area is 138 Å². The Balaban J connectivity index is 2.14. The topological polar surface area (TPSA) is 69.1 Å². The predicted octanol–water partition coefficient (Wildman–Crippen LogP) is 3.75. The third-order valence-electron chi connectivity index (χ3n) is 3.51. The Morgan fingerprint density at radius 2 is 1.86 bits per heavy atom. The summed E-state index contributed by atoms with van der Waals surface area (Å²) in [6, 6.07) is 8.77. The number of hydrogen-bond acceptors (Lipinski definition) is 4. The van der Waals surface area contributed by atoms with Gasteiger partial charge >= 0.3 is 0 Å². The lowest BCUT2D eigenvalue weighted by Gasteiger charge is -2.13. The van der Waals surface area contributed by atoms with E-state index in [-0.39, 0.29) is 12.0 Å². The zero-order chi connectivity index (χ0) is 15.9. The number of benzene rings is 1. The maximum atomic E-state index is 6.25. The van der Waals surface area contributed by atoms with Crippen molar-refractivity contribution in [2.75, 3.05) is 0 Å². The molecule has 0 bridgehead atoms. The maximum Gasteiger partial charge on any atom is 0.178 e. The summed E-state index contributed by atoms with van der Waals surface area (Å²) in [5.74, 6) is 0.869. The van der Waals surface area contributed by atoms with Crippen LogP contribution in [0.3, 0.4) is 0 Å². The van der Waals surface area contributed by atoms with Gasteiger partial charge in [-0.3, -0.25) is 0 Å². The Morgan fingerprint density at radius 3 is 2.55 bits per heavy atom. The monoisotopic (exact) mass is 335 g/mol. The van der Waals surface area contributed by atoms with Crippen molar-refractivity contribution in [2.45, 2.75) is 19.9 Å². The summed E-state index contributed by atoms with van der Waals surface area (Å²) in [5.41, 5.74) is 8.34. The molecule has 0 aliphatic heterocycles. The number of nitrogens with zero attached hydrogens (tertiary/aromatic N) is 4. The van der Waals surface area contributed by atoms with Crippen LogP contribution in [0.4, 0.5) is 0 Å². The second-order valence-electron chi connectivity index (χ2n) is 5.44. The van der Waals surface area contributed by atoms with Crippen molar-refractivity contribution in [1.82, 2.24) is 19.8 Å². The normalized spacial score (nSPS) is 13.0. The van der Waals surface area contributed by atoms with Gasteiger partial charge in [0.25, 0.3) is 0 Å². The largest absolute Gasteiger partial charge is 0.321 e. The average Bonchev–Trinajstić information content (AvgIpc) is 2.89. The molecule has 3 aromatic rings. The van der Waals surface area contributed by atoms with Crippen LogP contribution in [-0.2, 0) is 0 Å². The molecule has 7 heteroatoms. The van der Waals surface area contributed by atoms with E-state index >= 15 is 0 Å². The van der Waals surface area contributed by atoms with Crippen LogP contribution in [0.1, 0.15) is 25.7 Å². The van der Waals surface area contributed by atoms with Crippen molar-refractivity contribution in [3.63, 3.8) is 0 Å². The molecule has 22 heavy (non-hydrogen) atoms. The second kappa shape index (κ2) is 5.83. The standard InChI is InChI=1S/C15H15Cl2N5/c1-8(2)14(18)15-20-19-13-6-5-12(21-22(13)15)10-4-3-9(16)7-11(10)17/h3-8,14H,18H2,1-2H3/t14-/m1/s1. The fourth-order valence-electron chi connectivity index (χ4n) is 2.15. The minimum atomic E-state index is -0.238. The summed E-state index contributed by atoms with van der Waals surface area (Å²) in [6.07, 6.45) is 0. The highest BCUT2D eigenvalue weighted by Crippen LogP contribution is 2.29. The summed E-state index contributed by atoms with van der Waals surface area (Å²) in [4.78, 5) is 0. The summed E-state index contributed by atoms with van der Waals surface area (Å²) in [6.45, 7) is 4.07. The molecular formula is C15H15Cl2N5. The Bertz CT molecular complexity index is 828. The highest BCUT2D eigenvalue weighted by molar-refractivity contribution is 6.36. The van der Waals surface area contributed by atoms with Crippen LogP contribution in [0.2, 0.25) is 10.0 Å². The molecule has 1 atom stereocenters. The first kappa shape index (κ1) is 15.2. The fourth-order valence-corrected chi connectivity index (χ4v) is 2.66. The highest BCUT2D eigenvalue weighted by Gasteiger charge is 2.19. The number of aromatic nitrogens is 4. The Morgan fingerprint density at radius 1 is 1.09 bits per heavy atom. The highest BCUT2D eigenvalue weighted by atomic mass is 35.5. The van der Waals surface area contributed by atoms with Crippen molar-refractivity contribution in [3.8, 4) is 11.3 Å². The van der Waals surface area contributed by atoms with Gasteiger partial charge in [0.2, 0.25) is 0 Å². The first-order valence-electron chi connectivity index (χ1n) is 6.90. The zero-order valence-electron chi connectivity index (χ0n) is 12.2. The van der Waals surface area contributed by atoms with Crippen LogP contribution in [0.5, 0.6) is 0 Å². The number of halogens is 2. The van der Waals surface area contributed by atoms with E-state index in [1.807, 2.05) is 32.0 Å². The lowest BCUT2D eigenvalue weighted by atomic mass is 10.1. The number of nitrogens with two attached hydrogens (primary N) is 1. The van der Waals surface area contributed by atoms with Gasteiger partial charge < -0.3 is 5.73 Å². The Hall–Kier alpha value is -1.69. The van der Waals surface area contributed by atoms with E-state index in [4.69, 9.17) is 28.9 Å². The van der Waals surface area contributed by atoms with Gasteiger partial charge in [0.15, 0.2) is 11.5 Å². The molecular weight excluding hydrogens is 321 g/mol. The molecule has 2 aromatic heterocycles. The molecule has 5 nitrogen and oxygen atoms in total. The molecule has 3 rings (SSSR count). The van der Waals surface area contributed by atoms with E-state index in [0.29, 0.717) is 27.2 Å². The van der Waals surface area contributed by atoms with Crippen LogP contribution in [-0.4, -0.2) is 19.8 Å². The van der Waals surface area contributed by atoms with Gasteiger partial charge in [-0.2, -0.15) is 9.61 Å². The quantitative estimate of drug-likeness (QED) is 0.791. The van der Waals surface area contributed by atoms with Crippen molar-refractivity contribution in [3.05, 3.63) is 46.2 Å². The molecule has 0 amide bonds. The lowest BCUT2D eigenvalue weighted by Crippen LogP contribution is -2.20. The minimum Gasteiger partial charge on any atom is -0.321 e. The van der Waals surface area contributed by atoms with Crippen LogP contribution >= 0.6 is 23.2 Å². The molecule has 0 aliphatic rings. The van der Waals surface area contributed by atoms with Crippen LogP contribution < -0.4 is 5.73 Å². The summed E-state index contributed by atoms with van der Waals surface area (Å²) in [7, 11) is 0. The molecule has 0 fully saturated rings. The molecule has 1 aromatic carbocycles. The Kier molecular flexibility index (Phi) is 4.04.